The molecule has 1 atom stereocenters. The summed E-state index contributed by atoms with van der Waals surface area (Å²) in [7, 11) is 0. The van der Waals surface area contributed by atoms with Crippen LogP contribution in [-0.4, -0.2) is 23.7 Å². The van der Waals surface area contributed by atoms with E-state index in [4.69, 9.17) is 27.2 Å². The van der Waals surface area contributed by atoms with E-state index in [0.717, 1.165) is 16.9 Å². The molecule has 0 fully saturated rings. The number of carbonyl (C=O) groups excluding carboxylic acids is 1. The maximum atomic E-state index is 11.0. The largest absolute Gasteiger partial charge is 0.489 e. The number of benzene rings is 2. The third-order valence-corrected chi connectivity index (χ3v) is 3.53. The normalized spacial score (nSPS) is 11.9. The summed E-state index contributed by atoms with van der Waals surface area (Å²) in [5.41, 5.74) is 7.10. The summed E-state index contributed by atoms with van der Waals surface area (Å²) < 4.78 is 5.69. The molecule has 0 saturated heterocycles. The first-order valence-corrected chi connectivity index (χ1v) is 7.56. The van der Waals surface area contributed by atoms with Gasteiger partial charge >= 0.3 is 0 Å². The lowest BCUT2D eigenvalue weighted by Gasteiger charge is -2.13. The second kappa shape index (κ2) is 8.53. The molecule has 0 aliphatic rings. The second-order valence-electron chi connectivity index (χ2n) is 5.08. The van der Waals surface area contributed by atoms with Crippen molar-refractivity contribution in [2.75, 3.05) is 6.61 Å². The zero-order chi connectivity index (χ0) is 16.7. The summed E-state index contributed by atoms with van der Waals surface area (Å²) in [4.78, 5) is 11.0. The highest BCUT2D eigenvalue weighted by molar-refractivity contribution is 6.30. The number of amides is 1. The summed E-state index contributed by atoms with van der Waals surface area (Å²) >= 11 is 5.93. The molecule has 1 amide bonds. The molecular formula is C17H19ClN2O3. The molecule has 122 valence electrons. The van der Waals surface area contributed by atoms with Crippen molar-refractivity contribution in [1.29, 1.82) is 0 Å². The van der Waals surface area contributed by atoms with Crippen LogP contribution in [0.15, 0.2) is 48.5 Å². The van der Waals surface area contributed by atoms with Gasteiger partial charge in [0.05, 0.1) is 6.61 Å². The van der Waals surface area contributed by atoms with E-state index in [1.807, 2.05) is 48.5 Å². The van der Waals surface area contributed by atoms with E-state index < -0.39 is 11.9 Å². The van der Waals surface area contributed by atoms with E-state index in [1.54, 1.807) is 0 Å². The minimum atomic E-state index is -0.742. The SMILES string of the molecule is NC(=O)[C@H](CO)NCc1ccc(OCc2cccc(Cl)c2)cc1. The van der Waals surface area contributed by atoms with E-state index >= 15 is 0 Å². The standard InChI is InChI=1S/C17H19ClN2O3/c18-14-3-1-2-13(8-14)11-23-15-6-4-12(5-7-15)9-20-16(10-21)17(19)22/h1-8,16,20-21H,9-11H2,(H2,19,22)/t16-/m0/s1. The average molecular weight is 335 g/mol. The summed E-state index contributed by atoms with van der Waals surface area (Å²) in [6.45, 7) is 0.547. The van der Waals surface area contributed by atoms with Gasteiger partial charge < -0.3 is 15.6 Å². The molecule has 0 spiro atoms. The fourth-order valence-electron chi connectivity index (χ4n) is 1.99. The van der Waals surface area contributed by atoms with Gasteiger partial charge in [-0.05, 0) is 35.4 Å². The molecule has 2 rings (SSSR count). The fraction of sp³-hybridized carbons (Fsp3) is 0.235. The van der Waals surface area contributed by atoms with Crippen molar-refractivity contribution in [3.8, 4) is 5.75 Å². The summed E-state index contributed by atoms with van der Waals surface area (Å²) in [6.07, 6.45) is 0. The Morgan fingerprint density at radius 1 is 1.22 bits per heavy atom. The lowest BCUT2D eigenvalue weighted by Crippen LogP contribution is -2.43. The van der Waals surface area contributed by atoms with Crippen molar-refractivity contribution in [2.24, 2.45) is 5.73 Å². The number of carbonyl (C=O) groups is 1. The van der Waals surface area contributed by atoms with Crippen LogP contribution >= 0.6 is 11.6 Å². The quantitative estimate of drug-likeness (QED) is 0.688. The van der Waals surface area contributed by atoms with Gasteiger partial charge in [-0.3, -0.25) is 10.1 Å². The van der Waals surface area contributed by atoms with Crippen molar-refractivity contribution in [3.05, 3.63) is 64.7 Å². The van der Waals surface area contributed by atoms with Crippen LogP contribution in [0.3, 0.4) is 0 Å². The van der Waals surface area contributed by atoms with Crippen molar-refractivity contribution in [1.82, 2.24) is 5.32 Å². The van der Waals surface area contributed by atoms with Crippen molar-refractivity contribution in [2.45, 2.75) is 19.2 Å². The van der Waals surface area contributed by atoms with Gasteiger partial charge in [-0.1, -0.05) is 35.9 Å². The van der Waals surface area contributed by atoms with Gasteiger partial charge in [-0.25, -0.2) is 0 Å². The van der Waals surface area contributed by atoms with Crippen LogP contribution in [-0.2, 0) is 17.9 Å². The second-order valence-corrected chi connectivity index (χ2v) is 5.52. The number of nitrogens with one attached hydrogen (secondary N) is 1. The number of primary amides is 1. The van der Waals surface area contributed by atoms with E-state index in [-0.39, 0.29) is 6.61 Å². The first-order valence-electron chi connectivity index (χ1n) is 7.18. The molecule has 0 saturated carbocycles. The van der Waals surface area contributed by atoms with E-state index in [0.29, 0.717) is 18.2 Å². The van der Waals surface area contributed by atoms with Crippen LogP contribution in [0.4, 0.5) is 0 Å². The minimum Gasteiger partial charge on any atom is -0.489 e. The Morgan fingerprint density at radius 3 is 2.57 bits per heavy atom. The highest BCUT2D eigenvalue weighted by Crippen LogP contribution is 2.16. The lowest BCUT2D eigenvalue weighted by molar-refractivity contribution is -0.120. The van der Waals surface area contributed by atoms with Gasteiger partial charge in [0.2, 0.25) is 5.91 Å². The van der Waals surface area contributed by atoms with Gasteiger partial charge in [-0.15, -0.1) is 0 Å². The molecule has 5 nitrogen and oxygen atoms in total. The Balaban J connectivity index is 1.85. The van der Waals surface area contributed by atoms with Crippen molar-refractivity contribution in [3.63, 3.8) is 0 Å². The van der Waals surface area contributed by atoms with Crippen LogP contribution in [0.1, 0.15) is 11.1 Å². The predicted molar refractivity (Wildman–Crippen MR) is 89.1 cm³/mol. The Morgan fingerprint density at radius 2 is 1.96 bits per heavy atom. The third-order valence-electron chi connectivity index (χ3n) is 3.30. The van der Waals surface area contributed by atoms with Gasteiger partial charge in [0.25, 0.3) is 0 Å². The fourth-order valence-corrected chi connectivity index (χ4v) is 2.21. The van der Waals surface area contributed by atoms with Crippen molar-refractivity contribution >= 4 is 17.5 Å². The molecule has 4 N–H and O–H groups in total. The third kappa shape index (κ3) is 5.56. The molecule has 2 aromatic carbocycles. The molecule has 2 aromatic rings. The van der Waals surface area contributed by atoms with E-state index in [1.165, 1.54) is 0 Å². The molecule has 0 radical (unpaired) electrons. The number of rotatable bonds is 8. The van der Waals surface area contributed by atoms with Crippen LogP contribution in [0.5, 0.6) is 5.75 Å². The van der Waals surface area contributed by atoms with Crippen LogP contribution in [0.25, 0.3) is 0 Å². The molecule has 0 unspecified atom stereocenters. The lowest BCUT2D eigenvalue weighted by atomic mass is 10.2. The number of aliphatic hydroxyl groups is 1. The molecule has 0 aromatic heterocycles. The van der Waals surface area contributed by atoms with Crippen LogP contribution in [0, 0.1) is 0 Å². The monoisotopic (exact) mass is 334 g/mol. The molecule has 6 heteroatoms. The number of aliphatic hydroxyl groups excluding tert-OH is 1. The zero-order valence-corrected chi connectivity index (χ0v) is 13.3. The highest BCUT2D eigenvalue weighted by atomic mass is 35.5. The van der Waals surface area contributed by atoms with Crippen LogP contribution < -0.4 is 15.8 Å². The van der Waals surface area contributed by atoms with Gasteiger partial charge in [-0.2, -0.15) is 0 Å². The molecule has 0 aliphatic heterocycles. The van der Waals surface area contributed by atoms with Gasteiger partial charge in [0.1, 0.15) is 18.4 Å². The summed E-state index contributed by atoms with van der Waals surface area (Å²) in [6, 6.07) is 14.2. The first-order chi connectivity index (χ1) is 11.1. The average Bonchev–Trinajstić information content (AvgIpc) is 2.54. The smallest absolute Gasteiger partial charge is 0.236 e. The van der Waals surface area contributed by atoms with E-state index in [2.05, 4.69) is 5.32 Å². The minimum absolute atomic E-state index is 0.323. The molecule has 23 heavy (non-hydrogen) atoms. The predicted octanol–water partition coefficient (Wildman–Crippen LogP) is 1.85. The number of nitrogens with two attached hydrogens (primary N) is 1. The number of halogens is 1. The molecular weight excluding hydrogens is 316 g/mol. The molecule has 0 heterocycles. The highest BCUT2D eigenvalue weighted by Gasteiger charge is 2.12. The Kier molecular flexibility index (Phi) is 6.40. The number of hydrogen-bond donors (Lipinski definition) is 3. The molecule has 0 aliphatic carbocycles. The maximum Gasteiger partial charge on any atom is 0.236 e. The summed E-state index contributed by atoms with van der Waals surface area (Å²) in [5.74, 6) is 0.163. The number of hydrogen-bond acceptors (Lipinski definition) is 4. The Bertz CT molecular complexity index is 647. The topological polar surface area (TPSA) is 84.6 Å². The zero-order valence-electron chi connectivity index (χ0n) is 12.5. The number of ether oxygens (including phenoxy) is 1. The Hall–Kier alpha value is -2.08. The van der Waals surface area contributed by atoms with Gasteiger partial charge in [0, 0.05) is 11.6 Å². The molecule has 0 bridgehead atoms. The Labute approximate surface area is 140 Å². The van der Waals surface area contributed by atoms with Crippen LogP contribution in [0.2, 0.25) is 5.02 Å². The van der Waals surface area contributed by atoms with E-state index in [9.17, 15) is 4.79 Å². The summed E-state index contributed by atoms with van der Waals surface area (Å²) in [5, 5.41) is 12.6. The van der Waals surface area contributed by atoms with Crippen molar-refractivity contribution < 1.29 is 14.6 Å². The van der Waals surface area contributed by atoms with Gasteiger partial charge in [0.15, 0.2) is 0 Å². The maximum absolute atomic E-state index is 11.0. The first kappa shape index (κ1) is 17.3.